The Kier molecular flexibility index (Phi) is 2.43. The van der Waals surface area contributed by atoms with Crippen LogP contribution in [0.1, 0.15) is 6.92 Å². The third kappa shape index (κ3) is 1.81. The van der Waals surface area contributed by atoms with E-state index < -0.39 is 0 Å². The fraction of sp³-hybridized carbons (Fsp3) is 0.222. The Balaban J connectivity index is 2.89. The third-order valence-corrected chi connectivity index (χ3v) is 1.69. The molecule has 1 amide bonds. The van der Waals surface area contributed by atoms with E-state index in [1.807, 2.05) is 0 Å². The molecule has 2 nitrogen and oxygen atoms in total. The SMILES string of the molecule is CC(=O)N(C)c1ccc(F)cc1. The summed E-state index contributed by atoms with van der Waals surface area (Å²) in [5.41, 5.74) is 0.698. The fourth-order valence-electron chi connectivity index (χ4n) is 0.847. The quantitative estimate of drug-likeness (QED) is 0.624. The molecule has 1 rings (SSSR count). The number of carbonyl (C=O) groups excluding carboxylic acids is 1. The molecule has 0 aromatic heterocycles. The Hall–Kier alpha value is -1.38. The van der Waals surface area contributed by atoms with Crippen molar-refractivity contribution < 1.29 is 9.18 Å². The highest BCUT2D eigenvalue weighted by molar-refractivity contribution is 5.90. The van der Waals surface area contributed by atoms with Gasteiger partial charge in [-0.15, -0.1) is 0 Å². The lowest BCUT2D eigenvalue weighted by atomic mass is 10.3. The minimum atomic E-state index is -0.296. The molecule has 0 saturated heterocycles. The van der Waals surface area contributed by atoms with Crippen LogP contribution >= 0.6 is 0 Å². The van der Waals surface area contributed by atoms with E-state index >= 15 is 0 Å². The minimum Gasteiger partial charge on any atom is -0.316 e. The molecule has 0 N–H and O–H groups in total. The van der Waals surface area contributed by atoms with Crippen molar-refractivity contribution in [2.75, 3.05) is 11.9 Å². The molecular formula is C9H10FNO. The van der Waals surface area contributed by atoms with Crippen LogP contribution in [0.2, 0.25) is 0 Å². The van der Waals surface area contributed by atoms with Crippen molar-refractivity contribution in [1.82, 2.24) is 0 Å². The number of benzene rings is 1. The largest absolute Gasteiger partial charge is 0.316 e. The molecule has 0 fully saturated rings. The van der Waals surface area contributed by atoms with E-state index in [2.05, 4.69) is 0 Å². The zero-order valence-corrected chi connectivity index (χ0v) is 7.04. The number of carbonyl (C=O) groups is 1. The van der Waals surface area contributed by atoms with Gasteiger partial charge in [0.1, 0.15) is 5.82 Å². The Labute approximate surface area is 70.6 Å². The molecule has 12 heavy (non-hydrogen) atoms. The van der Waals surface area contributed by atoms with Gasteiger partial charge in [-0.1, -0.05) is 0 Å². The van der Waals surface area contributed by atoms with Crippen LogP contribution in [0.5, 0.6) is 0 Å². The molecule has 3 heteroatoms. The summed E-state index contributed by atoms with van der Waals surface area (Å²) in [4.78, 5) is 12.3. The molecule has 1 aromatic carbocycles. The number of anilines is 1. The van der Waals surface area contributed by atoms with Crippen LogP contribution in [-0.4, -0.2) is 13.0 Å². The summed E-state index contributed by atoms with van der Waals surface area (Å²) in [6.45, 7) is 1.46. The van der Waals surface area contributed by atoms with E-state index in [1.165, 1.54) is 24.0 Å². The zero-order chi connectivity index (χ0) is 9.14. The van der Waals surface area contributed by atoms with Crippen molar-refractivity contribution in [3.8, 4) is 0 Å². The van der Waals surface area contributed by atoms with E-state index in [-0.39, 0.29) is 11.7 Å². The number of rotatable bonds is 1. The normalized spacial score (nSPS) is 9.58. The molecular weight excluding hydrogens is 157 g/mol. The minimum absolute atomic E-state index is 0.0680. The van der Waals surface area contributed by atoms with E-state index in [0.29, 0.717) is 5.69 Å². The van der Waals surface area contributed by atoms with Crippen LogP contribution in [0.3, 0.4) is 0 Å². The molecule has 0 aliphatic heterocycles. The van der Waals surface area contributed by atoms with Gasteiger partial charge in [0, 0.05) is 19.7 Å². The van der Waals surface area contributed by atoms with Gasteiger partial charge in [0.15, 0.2) is 0 Å². The smallest absolute Gasteiger partial charge is 0.223 e. The van der Waals surface area contributed by atoms with Gasteiger partial charge in [-0.2, -0.15) is 0 Å². The molecule has 0 aliphatic rings. The summed E-state index contributed by atoms with van der Waals surface area (Å²) in [5.74, 6) is -0.364. The Morgan fingerprint density at radius 2 is 1.83 bits per heavy atom. The van der Waals surface area contributed by atoms with Crippen molar-refractivity contribution in [2.45, 2.75) is 6.92 Å². The molecule has 64 valence electrons. The molecule has 0 spiro atoms. The lowest BCUT2D eigenvalue weighted by Crippen LogP contribution is -2.22. The molecule has 0 saturated carbocycles. The zero-order valence-electron chi connectivity index (χ0n) is 7.04. The lowest BCUT2D eigenvalue weighted by molar-refractivity contribution is -0.116. The Bertz CT molecular complexity index is 281. The van der Waals surface area contributed by atoms with Crippen molar-refractivity contribution in [3.63, 3.8) is 0 Å². The van der Waals surface area contributed by atoms with Gasteiger partial charge in [-0.25, -0.2) is 4.39 Å². The second-order valence-corrected chi connectivity index (χ2v) is 2.55. The van der Waals surface area contributed by atoms with Gasteiger partial charge in [-0.3, -0.25) is 4.79 Å². The van der Waals surface area contributed by atoms with Crippen LogP contribution in [-0.2, 0) is 4.79 Å². The Morgan fingerprint density at radius 1 is 1.33 bits per heavy atom. The number of hydrogen-bond acceptors (Lipinski definition) is 1. The summed E-state index contributed by atoms with van der Waals surface area (Å²) >= 11 is 0. The number of nitrogens with zero attached hydrogens (tertiary/aromatic N) is 1. The van der Waals surface area contributed by atoms with Crippen LogP contribution in [0, 0.1) is 5.82 Å². The van der Waals surface area contributed by atoms with Crippen molar-refractivity contribution in [1.29, 1.82) is 0 Å². The molecule has 0 bridgehead atoms. The van der Waals surface area contributed by atoms with Gasteiger partial charge < -0.3 is 4.90 Å². The molecule has 0 unspecified atom stereocenters. The standard InChI is InChI=1S/C9H10FNO/c1-7(12)11(2)9-5-3-8(10)4-6-9/h3-6H,1-2H3. The fourth-order valence-corrected chi connectivity index (χ4v) is 0.847. The van der Waals surface area contributed by atoms with E-state index in [9.17, 15) is 9.18 Å². The first-order valence-electron chi connectivity index (χ1n) is 3.61. The predicted molar refractivity (Wildman–Crippen MR) is 45.5 cm³/mol. The van der Waals surface area contributed by atoms with Gasteiger partial charge >= 0.3 is 0 Å². The number of halogens is 1. The van der Waals surface area contributed by atoms with Gasteiger partial charge in [-0.05, 0) is 24.3 Å². The van der Waals surface area contributed by atoms with Gasteiger partial charge in [0.25, 0.3) is 0 Å². The van der Waals surface area contributed by atoms with E-state index in [0.717, 1.165) is 0 Å². The van der Waals surface area contributed by atoms with Crippen molar-refractivity contribution in [2.24, 2.45) is 0 Å². The molecule has 1 aromatic rings. The Morgan fingerprint density at radius 3 is 2.25 bits per heavy atom. The van der Waals surface area contributed by atoms with Crippen LogP contribution in [0.4, 0.5) is 10.1 Å². The van der Waals surface area contributed by atoms with Crippen molar-refractivity contribution >= 4 is 11.6 Å². The maximum absolute atomic E-state index is 12.4. The highest BCUT2D eigenvalue weighted by Crippen LogP contribution is 2.12. The second kappa shape index (κ2) is 3.34. The lowest BCUT2D eigenvalue weighted by Gasteiger charge is -2.14. The molecule has 0 atom stereocenters. The average molecular weight is 167 g/mol. The van der Waals surface area contributed by atoms with Gasteiger partial charge in [0.05, 0.1) is 0 Å². The number of amides is 1. The first kappa shape index (κ1) is 8.71. The van der Waals surface area contributed by atoms with Crippen LogP contribution in [0.15, 0.2) is 24.3 Å². The topological polar surface area (TPSA) is 20.3 Å². The van der Waals surface area contributed by atoms with Crippen LogP contribution in [0.25, 0.3) is 0 Å². The number of hydrogen-bond donors (Lipinski definition) is 0. The summed E-state index contributed by atoms with van der Waals surface area (Å²) in [7, 11) is 1.65. The molecule has 0 aliphatic carbocycles. The first-order chi connectivity index (χ1) is 5.61. The summed E-state index contributed by atoms with van der Waals surface area (Å²) in [6.07, 6.45) is 0. The first-order valence-corrected chi connectivity index (χ1v) is 3.61. The second-order valence-electron chi connectivity index (χ2n) is 2.55. The highest BCUT2D eigenvalue weighted by atomic mass is 19.1. The van der Waals surface area contributed by atoms with Gasteiger partial charge in [0.2, 0.25) is 5.91 Å². The molecule has 0 heterocycles. The highest BCUT2D eigenvalue weighted by Gasteiger charge is 2.03. The predicted octanol–water partition coefficient (Wildman–Crippen LogP) is 1.81. The summed E-state index contributed by atoms with van der Waals surface area (Å²) < 4.78 is 12.4. The van der Waals surface area contributed by atoms with Crippen LogP contribution < -0.4 is 4.90 Å². The third-order valence-electron chi connectivity index (χ3n) is 1.69. The monoisotopic (exact) mass is 167 g/mol. The maximum Gasteiger partial charge on any atom is 0.223 e. The summed E-state index contributed by atoms with van der Waals surface area (Å²) in [5, 5.41) is 0. The van der Waals surface area contributed by atoms with E-state index in [1.54, 1.807) is 19.2 Å². The average Bonchev–Trinajstić information content (AvgIpc) is 2.04. The molecule has 0 radical (unpaired) electrons. The van der Waals surface area contributed by atoms with E-state index in [4.69, 9.17) is 0 Å². The summed E-state index contributed by atoms with van der Waals surface area (Å²) in [6, 6.07) is 5.79. The maximum atomic E-state index is 12.4. The van der Waals surface area contributed by atoms with Crippen molar-refractivity contribution in [3.05, 3.63) is 30.1 Å².